The molecule has 0 unspecified atom stereocenters. The van der Waals surface area contributed by atoms with Crippen LogP contribution in [-0.4, -0.2) is 17.8 Å². The van der Waals surface area contributed by atoms with Crippen LogP contribution in [0.3, 0.4) is 0 Å². The number of rotatable bonds is 3. The third-order valence-electron chi connectivity index (χ3n) is 3.79. The lowest BCUT2D eigenvalue weighted by Gasteiger charge is -2.34. The first-order chi connectivity index (χ1) is 11.7. The second-order valence-corrected chi connectivity index (χ2v) is 5.19. The predicted molar refractivity (Wildman–Crippen MR) is 88.7 cm³/mol. The van der Waals surface area contributed by atoms with Crippen molar-refractivity contribution in [1.29, 1.82) is 10.5 Å². The van der Waals surface area contributed by atoms with E-state index in [0.29, 0.717) is 19.1 Å². The fraction of sp³-hybridized carbons (Fsp3) is 0.235. The van der Waals surface area contributed by atoms with Crippen LogP contribution in [-0.2, 0) is 6.67 Å². The molecule has 2 heterocycles. The van der Waals surface area contributed by atoms with Gasteiger partial charge < -0.3 is 15.0 Å². The van der Waals surface area contributed by atoms with Crippen LogP contribution < -0.4 is 20.5 Å². The highest BCUT2D eigenvalue weighted by molar-refractivity contribution is 5.62. The number of nitrogens with one attached hydrogen (secondary N) is 1. The first-order valence-corrected chi connectivity index (χ1v) is 7.48. The van der Waals surface area contributed by atoms with Gasteiger partial charge in [0.05, 0.1) is 24.5 Å². The van der Waals surface area contributed by atoms with Crippen molar-refractivity contribution in [2.75, 3.05) is 23.5 Å². The number of aromatic nitrogens is 1. The molecule has 0 saturated carbocycles. The Morgan fingerprint density at radius 2 is 2.00 bits per heavy atom. The maximum Gasteiger partial charge on any atom is 0.271 e. The molecular weight excluding hydrogens is 306 g/mol. The monoisotopic (exact) mass is 321 g/mol. The summed E-state index contributed by atoms with van der Waals surface area (Å²) in [5.74, 6) is 1.15. The van der Waals surface area contributed by atoms with Crippen LogP contribution >= 0.6 is 0 Å². The molecule has 0 fully saturated rings. The number of nitriles is 2. The van der Waals surface area contributed by atoms with Crippen molar-refractivity contribution in [3.63, 3.8) is 0 Å². The first-order valence-electron chi connectivity index (χ1n) is 7.48. The van der Waals surface area contributed by atoms with Gasteiger partial charge in [-0.3, -0.25) is 9.36 Å². The normalized spacial score (nSPS) is 12.5. The number of anilines is 2. The summed E-state index contributed by atoms with van der Waals surface area (Å²) in [5, 5.41) is 21.5. The Hall–Kier alpha value is -3.45. The van der Waals surface area contributed by atoms with Crippen LogP contribution in [0.1, 0.15) is 18.1 Å². The molecule has 0 atom stereocenters. The van der Waals surface area contributed by atoms with Gasteiger partial charge >= 0.3 is 0 Å². The number of hydrogen-bond acceptors (Lipinski definition) is 6. The number of hydrogen-bond donors (Lipinski definition) is 1. The maximum atomic E-state index is 12.4. The Labute approximate surface area is 138 Å². The number of ether oxygens (including phenoxy) is 1. The topological polar surface area (TPSA) is 94.1 Å². The molecule has 2 aromatic rings. The zero-order valence-electron chi connectivity index (χ0n) is 13.1. The van der Waals surface area contributed by atoms with E-state index in [0.717, 1.165) is 11.4 Å². The third-order valence-corrected chi connectivity index (χ3v) is 3.79. The number of benzene rings is 1. The minimum absolute atomic E-state index is 0.0444. The summed E-state index contributed by atoms with van der Waals surface area (Å²) < 4.78 is 7.04. The van der Waals surface area contributed by atoms with Crippen LogP contribution in [0.2, 0.25) is 0 Å². The molecule has 0 bridgehead atoms. The van der Waals surface area contributed by atoms with Gasteiger partial charge in [-0.05, 0) is 25.1 Å². The van der Waals surface area contributed by atoms with E-state index in [1.807, 2.05) is 48.2 Å². The van der Waals surface area contributed by atoms with Gasteiger partial charge in [-0.1, -0.05) is 12.1 Å². The fourth-order valence-corrected chi connectivity index (χ4v) is 2.71. The van der Waals surface area contributed by atoms with Gasteiger partial charge in [0, 0.05) is 0 Å². The molecule has 7 nitrogen and oxygen atoms in total. The van der Waals surface area contributed by atoms with Crippen LogP contribution in [0.5, 0.6) is 5.75 Å². The van der Waals surface area contributed by atoms with Crippen molar-refractivity contribution in [3.8, 4) is 17.9 Å². The summed E-state index contributed by atoms with van der Waals surface area (Å²) in [7, 11) is 0. The number of para-hydroxylation sites is 2. The molecule has 120 valence electrons. The van der Waals surface area contributed by atoms with E-state index < -0.39 is 5.56 Å². The van der Waals surface area contributed by atoms with Crippen LogP contribution in [0.15, 0.2) is 35.1 Å². The smallest absolute Gasteiger partial charge is 0.271 e. The maximum absolute atomic E-state index is 12.4. The lowest BCUT2D eigenvalue weighted by Crippen LogP contribution is -2.43. The lowest BCUT2D eigenvalue weighted by atomic mass is 10.2. The van der Waals surface area contributed by atoms with E-state index in [1.165, 1.54) is 10.6 Å². The molecule has 1 aromatic heterocycles. The van der Waals surface area contributed by atoms with Gasteiger partial charge in [0.15, 0.2) is 0 Å². The van der Waals surface area contributed by atoms with Gasteiger partial charge in [-0.2, -0.15) is 10.5 Å². The third kappa shape index (κ3) is 2.53. The fourth-order valence-electron chi connectivity index (χ4n) is 2.71. The predicted octanol–water partition coefficient (Wildman–Crippen LogP) is 1.84. The summed E-state index contributed by atoms with van der Waals surface area (Å²) in [6, 6.07) is 12.7. The van der Waals surface area contributed by atoms with E-state index in [-0.39, 0.29) is 17.8 Å². The average Bonchev–Trinajstić information content (AvgIpc) is 2.63. The summed E-state index contributed by atoms with van der Waals surface area (Å²) in [5.41, 5.74) is 0.656. The van der Waals surface area contributed by atoms with Gasteiger partial charge in [-0.25, -0.2) is 0 Å². The van der Waals surface area contributed by atoms with Crippen molar-refractivity contribution in [2.24, 2.45) is 0 Å². The van der Waals surface area contributed by atoms with Crippen molar-refractivity contribution in [1.82, 2.24) is 4.57 Å². The largest absolute Gasteiger partial charge is 0.492 e. The molecule has 1 aliphatic heterocycles. The van der Waals surface area contributed by atoms with Crippen molar-refractivity contribution in [2.45, 2.75) is 13.6 Å². The molecule has 0 saturated heterocycles. The van der Waals surface area contributed by atoms with Crippen LogP contribution in [0.25, 0.3) is 0 Å². The first kappa shape index (κ1) is 15.4. The average molecular weight is 321 g/mol. The van der Waals surface area contributed by atoms with Crippen molar-refractivity contribution >= 4 is 11.5 Å². The van der Waals surface area contributed by atoms with E-state index >= 15 is 0 Å². The molecule has 1 N–H and O–H groups in total. The van der Waals surface area contributed by atoms with Gasteiger partial charge in [-0.15, -0.1) is 0 Å². The Morgan fingerprint density at radius 3 is 2.71 bits per heavy atom. The summed E-state index contributed by atoms with van der Waals surface area (Å²) >= 11 is 0. The quantitative estimate of drug-likeness (QED) is 0.927. The highest BCUT2D eigenvalue weighted by Crippen LogP contribution is 2.30. The Balaban J connectivity index is 2.06. The Kier molecular flexibility index (Phi) is 4.09. The minimum Gasteiger partial charge on any atom is -0.492 e. The number of pyridine rings is 1. The molecule has 0 radical (unpaired) electrons. The highest BCUT2D eigenvalue weighted by atomic mass is 16.5. The number of nitrogens with zero attached hydrogens (tertiary/aromatic N) is 4. The highest BCUT2D eigenvalue weighted by Gasteiger charge is 2.23. The molecule has 24 heavy (non-hydrogen) atoms. The van der Waals surface area contributed by atoms with E-state index in [4.69, 9.17) is 10.00 Å². The molecule has 0 amide bonds. The van der Waals surface area contributed by atoms with Crippen molar-refractivity contribution < 1.29 is 4.74 Å². The minimum atomic E-state index is -0.419. The van der Waals surface area contributed by atoms with E-state index in [1.54, 1.807) is 0 Å². The van der Waals surface area contributed by atoms with Crippen LogP contribution in [0.4, 0.5) is 11.5 Å². The summed E-state index contributed by atoms with van der Waals surface area (Å²) in [6.45, 7) is 3.09. The Bertz CT molecular complexity index is 920. The number of fused-ring (bicyclic) bond motifs is 1. The second-order valence-electron chi connectivity index (χ2n) is 5.19. The van der Waals surface area contributed by atoms with Gasteiger partial charge in [0.2, 0.25) is 0 Å². The van der Waals surface area contributed by atoms with Crippen LogP contribution in [0, 0.1) is 22.7 Å². The van der Waals surface area contributed by atoms with Gasteiger partial charge in [0.25, 0.3) is 5.56 Å². The lowest BCUT2D eigenvalue weighted by molar-refractivity contribution is 0.339. The molecule has 0 aliphatic carbocycles. The van der Waals surface area contributed by atoms with E-state index in [9.17, 15) is 10.1 Å². The molecule has 1 aliphatic rings. The second kappa shape index (κ2) is 6.35. The van der Waals surface area contributed by atoms with Crippen molar-refractivity contribution in [3.05, 3.63) is 51.8 Å². The zero-order valence-corrected chi connectivity index (χ0v) is 13.1. The zero-order chi connectivity index (χ0) is 17.1. The molecule has 7 heteroatoms. The standard InChI is InChI=1S/C17H15N5O2/c1-2-24-15-6-4-3-5-14(15)21-10-20-16-12(8-18)7-13(9-19)17(23)22(16)11-21/h3-7,20H,2,10-11H2,1H3. The Morgan fingerprint density at radius 1 is 1.25 bits per heavy atom. The summed E-state index contributed by atoms with van der Waals surface area (Å²) in [6.07, 6.45) is 0. The molecule has 1 aromatic carbocycles. The van der Waals surface area contributed by atoms with Gasteiger partial charge in [0.1, 0.15) is 35.9 Å². The van der Waals surface area contributed by atoms with E-state index in [2.05, 4.69) is 5.32 Å². The molecule has 0 spiro atoms. The SMILES string of the molecule is CCOc1ccccc1N1CNc2c(C#N)cc(C#N)c(=O)n2C1. The summed E-state index contributed by atoms with van der Waals surface area (Å²) in [4.78, 5) is 14.4. The molecule has 3 rings (SSSR count). The molecular formula is C17H15N5O2.